The van der Waals surface area contributed by atoms with Crippen molar-refractivity contribution in [2.45, 2.75) is 37.6 Å². The van der Waals surface area contributed by atoms with Gasteiger partial charge in [-0.1, -0.05) is 19.1 Å². The third-order valence-corrected chi connectivity index (χ3v) is 4.68. The van der Waals surface area contributed by atoms with Gasteiger partial charge in [-0.05, 0) is 49.4 Å². The fraction of sp³-hybridized carbons (Fsp3) is 0.500. The summed E-state index contributed by atoms with van der Waals surface area (Å²) in [6.07, 6.45) is 2.40. The predicted octanol–water partition coefficient (Wildman–Crippen LogP) is 1.74. The number of rotatable bonds is 4. The number of hydrogen-bond donors (Lipinski definition) is 3. The van der Waals surface area contributed by atoms with Crippen LogP contribution in [0.3, 0.4) is 0 Å². The Morgan fingerprint density at radius 2 is 1.95 bits per heavy atom. The first-order valence-electron chi connectivity index (χ1n) is 7.41. The Balaban J connectivity index is 1.68. The van der Waals surface area contributed by atoms with Gasteiger partial charge < -0.3 is 15.7 Å². The van der Waals surface area contributed by atoms with Crippen LogP contribution in [0.15, 0.2) is 24.3 Å². The van der Waals surface area contributed by atoms with E-state index in [1.54, 1.807) is 12.1 Å². The number of hydrogen-bond acceptors (Lipinski definition) is 3. The summed E-state index contributed by atoms with van der Waals surface area (Å²) < 4.78 is 0. The van der Waals surface area contributed by atoms with Crippen LogP contribution in [0.4, 0.5) is 5.69 Å². The zero-order valence-corrected chi connectivity index (χ0v) is 12.1. The van der Waals surface area contributed by atoms with Crippen molar-refractivity contribution in [1.82, 2.24) is 5.32 Å². The summed E-state index contributed by atoms with van der Waals surface area (Å²) in [5.41, 5.74) is 0.843. The zero-order valence-electron chi connectivity index (χ0n) is 12.1. The lowest BCUT2D eigenvalue weighted by Crippen LogP contribution is -2.39. The van der Waals surface area contributed by atoms with Crippen molar-refractivity contribution in [2.24, 2.45) is 5.92 Å². The summed E-state index contributed by atoms with van der Waals surface area (Å²) in [5, 5.41) is 15.4. The van der Waals surface area contributed by atoms with Gasteiger partial charge in [0, 0.05) is 5.69 Å². The quantitative estimate of drug-likeness (QED) is 0.788. The van der Waals surface area contributed by atoms with Gasteiger partial charge in [-0.25, -0.2) is 0 Å². The molecule has 112 valence electrons. The molecule has 3 N–H and O–H groups in total. The number of nitrogens with one attached hydrogen (secondary N) is 2. The van der Waals surface area contributed by atoms with Gasteiger partial charge in [0.2, 0.25) is 5.91 Å². The number of carbonyl (C=O) groups is 2. The monoisotopic (exact) mass is 288 g/mol. The first kappa shape index (κ1) is 14.1. The second kappa shape index (κ2) is 5.15. The van der Waals surface area contributed by atoms with Crippen LogP contribution in [0.5, 0.6) is 0 Å². The van der Waals surface area contributed by atoms with Crippen LogP contribution >= 0.6 is 0 Å². The van der Waals surface area contributed by atoms with Gasteiger partial charge in [0.05, 0.1) is 11.5 Å². The van der Waals surface area contributed by atoms with Crippen molar-refractivity contribution in [3.8, 4) is 0 Å². The molecule has 0 radical (unpaired) electrons. The summed E-state index contributed by atoms with van der Waals surface area (Å²) in [4.78, 5) is 23.4. The third-order valence-electron chi connectivity index (χ3n) is 4.68. The Bertz CT molecular complexity index is 563. The molecule has 5 nitrogen and oxygen atoms in total. The molecule has 2 atom stereocenters. The molecule has 1 saturated heterocycles. The molecule has 2 unspecified atom stereocenters. The van der Waals surface area contributed by atoms with Crippen molar-refractivity contribution in [2.75, 3.05) is 11.9 Å². The topological polar surface area (TPSA) is 78.4 Å². The minimum absolute atomic E-state index is 0.0212. The molecular formula is C16H20N2O3. The Hall–Kier alpha value is -1.88. The highest BCUT2D eigenvalue weighted by Crippen LogP contribution is 2.48. The number of benzene rings is 1. The molecule has 5 heteroatoms. The Labute approximate surface area is 123 Å². The van der Waals surface area contributed by atoms with Gasteiger partial charge >= 0.3 is 5.97 Å². The molecule has 1 aromatic rings. The minimum atomic E-state index is -0.761. The van der Waals surface area contributed by atoms with E-state index in [2.05, 4.69) is 17.6 Å². The number of aliphatic carboxylic acids is 1. The molecule has 21 heavy (non-hydrogen) atoms. The van der Waals surface area contributed by atoms with Gasteiger partial charge in [0.1, 0.15) is 0 Å². The van der Waals surface area contributed by atoms with E-state index in [4.69, 9.17) is 0 Å². The van der Waals surface area contributed by atoms with E-state index in [9.17, 15) is 14.7 Å². The lowest BCUT2D eigenvalue weighted by molar-refractivity contribution is -0.140. The van der Waals surface area contributed by atoms with E-state index in [0.29, 0.717) is 24.4 Å². The van der Waals surface area contributed by atoms with Gasteiger partial charge in [-0.3, -0.25) is 9.59 Å². The molecule has 2 fully saturated rings. The first-order chi connectivity index (χ1) is 10.0. The molecule has 0 aromatic heterocycles. The average molecular weight is 288 g/mol. The van der Waals surface area contributed by atoms with Crippen LogP contribution in [0.1, 0.15) is 31.7 Å². The predicted molar refractivity (Wildman–Crippen MR) is 79.2 cm³/mol. The second-order valence-corrected chi connectivity index (χ2v) is 6.15. The lowest BCUT2D eigenvalue weighted by atomic mass is 9.96. The molecule has 0 spiro atoms. The molecule has 2 aliphatic rings. The summed E-state index contributed by atoms with van der Waals surface area (Å²) >= 11 is 0. The van der Waals surface area contributed by atoms with Gasteiger partial charge in [0.15, 0.2) is 0 Å². The zero-order chi connectivity index (χ0) is 15.0. The number of carboxylic acid groups (broad SMARTS) is 1. The van der Waals surface area contributed by atoms with E-state index in [-0.39, 0.29) is 11.9 Å². The highest BCUT2D eigenvalue weighted by Gasteiger charge is 2.51. The van der Waals surface area contributed by atoms with E-state index < -0.39 is 11.4 Å². The van der Waals surface area contributed by atoms with E-state index in [1.807, 2.05) is 12.1 Å². The van der Waals surface area contributed by atoms with E-state index in [1.165, 1.54) is 0 Å². The summed E-state index contributed by atoms with van der Waals surface area (Å²) in [5.74, 6) is -0.443. The number of carbonyl (C=O) groups excluding carboxylic acids is 1. The molecule has 1 heterocycles. The number of amides is 1. The summed E-state index contributed by atoms with van der Waals surface area (Å²) in [6, 6.07) is 7.05. The molecule has 1 amide bonds. The highest BCUT2D eigenvalue weighted by atomic mass is 16.4. The summed E-state index contributed by atoms with van der Waals surface area (Å²) in [7, 11) is 0. The fourth-order valence-corrected chi connectivity index (χ4v) is 3.03. The normalized spacial score (nSPS) is 26.3. The molecule has 1 saturated carbocycles. The first-order valence-corrected chi connectivity index (χ1v) is 7.41. The van der Waals surface area contributed by atoms with Crippen molar-refractivity contribution in [3.63, 3.8) is 0 Å². The molecule has 3 rings (SSSR count). The van der Waals surface area contributed by atoms with Crippen LogP contribution in [-0.4, -0.2) is 29.6 Å². The van der Waals surface area contributed by atoms with Crippen LogP contribution in [0.2, 0.25) is 0 Å². The van der Waals surface area contributed by atoms with Gasteiger partial charge in [-0.15, -0.1) is 0 Å². The maximum Gasteiger partial charge on any atom is 0.314 e. The van der Waals surface area contributed by atoms with Crippen molar-refractivity contribution in [1.29, 1.82) is 0 Å². The largest absolute Gasteiger partial charge is 0.481 e. The van der Waals surface area contributed by atoms with Gasteiger partial charge in [-0.2, -0.15) is 0 Å². The lowest BCUT2D eigenvalue weighted by Gasteiger charge is -2.16. The van der Waals surface area contributed by atoms with Crippen molar-refractivity contribution in [3.05, 3.63) is 29.8 Å². The van der Waals surface area contributed by atoms with Crippen LogP contribution in [-0.2, 0) is 15.0 Å². The third kappa shape index (κ3) is 2.53. The van der Waals surface area contributed by atoms with Gasteiger partial charge in [0.25, 0.3) is 0 Å². The van der Waals surface area contributed by atoms with Crippen molar-refractivity contribution >= 4 is 17.6 Å². The molecule has 1 aromatic carbocycles. The van der Waals surface area contributed by atoms with Crippen LogP contribution < -0.4 is 10.6 Å². The minimum Gasteiger partial charge on any atom is -0.481 e. The highest BCUT2D eigenvalue weighted by molar-refractivity contribution is 5.95. The number of carboxylic acids is 1. The molecule has 1 aliphatic carbocycles. The summed E-state index contributed by atoms with van der Waals surface area (Å²) in [6.45, 7) is 2.94. The van der Waals surface area contributed by atoms with Crippen molar-refractivity contribution < 1.29 is 14.7 Å². The molecule has 1 aliphatic heterocycles. The van der Waals surface area contributed by atoms with Crippen LogP contribution in [0, 0.1) is 5.92 Å². The Kier molecular flexibility index (Phi) is 3.45. The van der Waals surface area contributed by atoms with Crippen LogP contribution in [0.25, 0.3) is 0 Å². The maximum absolute atomic E-state index is 12.2. The molecular weight excluding hydrogens is 268 g/mol. The maximum atomic E-state index is 12.2. The molecule has 0 bridgehead atoms. The standard InChI is InChI=1S/C16H20N2O3/c1-10-6-9-17-13(10)14(19)18-12-4-2-11(3-5-12)16(7-8-16)15(20)21/h2-5,10,13,17H,6-9H2,1H3,(H,18,19)(H,20,21). The van der Waals surface area contributed by atoms with E-state index >= 15 is 0 Å². The average Bonchev–Trinajstić information content (AvgIpc) is 3.16. The second-order valence-electron chi connectivity index (χ2n) is 6.15. The Morgan fingerprint density at radius 3 is 2.43 bits per heavy atom. The SMILES string of the molecule is CC1CCNC1C(=O)Nc1ccc(C2(C(=O)O)CC2)cc1. The van der Waals surface area contributed by atoms with E-state index in [0.717, 1.165) is 18.5 Å². The smallest absolute Gasteiger partial charge is 0.314 e. The Morgan fingerprint density at radius 1 is 1.29 bits per heavy atom. The number of anilines is 1. The fourth-order valence-electron chi connectivity index (χ4n) is 3.03.